The van der Waals surface area contributed by atoms with Gasteiger partial charge in [-0.3, -0.25) is 4.79 Å². The van der Waals surface area contributed by atoms with Crippen LogP contribution in [0.3, 0.4) is 0 Å². The summed E-state index contributed by atoms with van der Waals surface area (Å²) in [6.45, 7) is 5.73. The molecule has 0 heterocycles. The molecule has 0 aromatic heterocycles. The van der Waals surface area contributed by atoms with Crippen LogP contribution in [-0.4, -0.2) is 48.3 Å². The molecule has 3 aromatic carbocycles. The number of unbranched alkanes of at least 4 members (excludes halogenated alkanes) is 1. The lowest BCUT2D eigenvalue weighted by molar-refractivity contribution is -0.149. The summed E-state index contributed by atoms with van der Waals surface area (Å²) in [5, 5.41) is 8.14. The first-order valence-electron chi connectivity index (χ1n) is 15.1. The van der Waals surface area contributed by atoms with Gasteiger partial charge in [0.2, 0.25) is 5.91 Å². The van der Waals surface area contributed by atoms with E-state index in [0.717, 1.165) is 16.7 Å². The lowest BCUT2D eigenvalue weighted by Crippen LogP contribution is -2.53. The predicted molar refractivity (Wildman–Crippen MR) is 170 cm³/mol. The molecule has 0 saturated heterocycles. The zero-order chi connectivity index (χ0) is 32.5. The van der Waals surface area contributed by atoms with Crippen molar-refractivity contribution >= 4 is 24.1 Å². The summed E-state index contributed by atoms with van der Waals surface area (Å²) < 4.78 is 16.2. The molecule has 0 unspecified atom stereocenters. The average Bonchev–Trinajstić information content (AvgIpc) is 3.02. The third-order valence-corrected chi connectivity index (χ3v) is 6.52. The number of alkyl carbamates (subject to hydrolysis) is 2. The molecule has 45 heavy (non-hydrogen) atoms. The van der Waals surface area contributed by atoms with Crippen LogP contribution in [-0.2, 0) is 43.4 Å². The summed E-state index contributed by atoms with van der Waals surface area (Å²) in [7, 11) is 0. The third-order valence-electron chi connectivity index (χ3n) is 6.52. The molecule has 0 bridgehead atoms. The highest BCUT2D eigenvalue weighted by molar-refractivity contribution is 5.90. The molecule has 240 valence electrons. The van der Waals surface area contributed by atoms with Crippen molar-refractivity contribution in [2.75, 3.05) is 6.54 Å². The first kappa shape index (κ1) is 34.6. The number of hydrogen-bond donors (Lipinski definition) is 3. The fourth-order valence-corrected chi connectivity index (χ4v) is 4.30. The van der Waals surface area contributed by atoms with Gasteiger partial charge in [0, 0.05) is 13.0 Å². The molecule has 0 spiro atoms. The number of carbonyl (C=O) groups is 4. The first-order chi connectivity index (χ1) is 21.6. The molecule has 3 N–H and O–H groups in total. The number of benzene rings is 3. The van der Waals surface area contributed by atoms with E-state index in [4.69, 9.17) is 14.2 Å². The highest BCUT2D eigenvalue weighted by Crippen LogP contribution is 2.11. The van der Waals surface area contributed by atoms with E-state index in [9.17, 15) is 19.2 Å². The second-order valence-electron chi connectivity index (χ2n) is 11.5. The Balaban J connectivity index is 1.60. The normalized spacial score (nSPS) is 12.2. The molecular weight excluding hydrogens is 574 g/mol. The van der Waals surface area contributed by atoms with E-state index in [1.54, 1.807) is 20.8 Å². The largest absolute Gasteiger partial charge is 0.459 e. The maximum atomic E-state index is 13.5. The Morgan fingerprint density at radius 1 is 0.644 bits per heavy atom. The molecule has 3 amide bonds. The number of nitrogens with one attached hydrogen (secondary N) is 3. The van der Waals surface area contributed by atoms with Crippen molar-refractivity contribution in [1.29, 1.82) is 0 Å². The van der Waals surface area contributed by atoms with Crippen LogP contribution in [0.1, 0.15) is 56.7 Å². The number of carbonyl (C=O) groups excluding carboxylic acids is 4. The Bertz CT molecular complexity index is 1350. The van der Waals surface area contributed by atoms with Crippen molar-refractivity contribution in [1.82, 2.24) is 16.0 Å². The van der Waals surface area contributed by atoms with Gasteiger partial charge in [-0.15, -0.1) is 0 Å². The highest BCUT2D eigenvalue weighted by atomic mass is 16.6. The topological polar surface area (TPSA) is 132 Å². The quantitative estimate of drug-likeness (QED) is 0.117. The summed E-state index contributed by atoms with van der Waals surface area (Å²) in [5.41, 5.74) is 1.75. The van der Waals surface area contributed by atoms with E-state index in [1.807, 2.05) is 91.0 Å². The maximum Gasteiger partial charge on any atom is 0.408 e. The monoisotopic (exact) mass is 617 g/mol. The molecule has 0 aliphatic carbocycles. The van der Waals surface area contributed by atoms with Crippen molar-refractivity contribution < 1.29 is 33.4 Å². The molecule has 0 fully saturated rings. The van der Waals surface area contributed by atoms with Gasteiger partial charge in [-0.05, 0) is 56.7 Å². The molecule has 3 rings (SSSR count). The number of esters is 1. The van der Waals surface area contributed by atoms with E-state index < -0.39 is 41.7 Å². The summed E-state index contributed by atoms with van der Waals surface area (Å²) >= 11 is 0. The van der Waals surface area contributed by atoms with Gasteiger partial charge in [-0.2, -0.15) is 0 Å². The number of amides is 3. The van der Waals surface area contributed by atoms with Crippen molar-refractivity contribution in [3.8, 4) is 0 Å². The minimum absolute atomic E-state index is 0.0461. The van der Waals surface area contributed by atoms with Crippen LogP contribution in [0.5, 0.6) is 0 Å². The molecule has 0 aliphatic heterocycles. The Labute approximate surface area is 264 Å². The standard InChI is InChI=1S/C35H43N3O7/c1-35(2,3)45-34(42)38-30(23-26-15-7-4-8-16-26)31(39)37-29(32(40)43-24-27-17-9-5-10-18-27)21-13-14-22-36-33(41)44-25-28-19-11-6-12-20-28/h4-12,15-20,29-30H,13-14,21-25H2,1-3H3,(H,36,41)(H,37,39)(H,38,42)/t29-,30-/m0/s1. The fourth-order valence-electron chi connectivity index (χ4n) is 4.30. The maximum absolute atomic E-state index is 13.5. The van der Waals surface area contributed by atoms with Crippen molar-refractivity contribution in [3.05, 3.63) is 108 Å². The molecule has 3 aromatic rings. The second-order valence-corrected chi connectivity index (χ2v) is 11.5. The van der Waals surface area contributed by atoms with Gasteiger partial charge in [0.05, 0.1) is 0 Å². The van der Waals surface area contributed by atoms with E-state index in [-0.39, 0.29) is 26.1 Å². The van der Waals surface area contributed by atoms with Crippen molar-refractivity contribution in [3.63, 3.8) is 0 Å². The minimum Gasteiger partial charge on any atom is -0.459 e. The van der Waals surface area contributed by atoms with Crippen LogP contribution in [0.25, 0.3) is 0 Å². The smallest absolute Gasteiger partial charge is 0.408 e. The molecule has 10 heteroatoms. The van der Waals surface area contributed by atoms with Crippen LogP contribution >= 0.6 is 0 Å². The predicted octanol–water partition coefficient (Wildman–Crippen LogP) is 5.45. The van der Waals surface area contributed by atoms with Crippen LogP contribution in [0, 0.1) is 0 Å². The number of hydrogen-bond acceptors (Lipinski definition) is 7. The Hall–Kier alpha value is -4.86. The molecule has 0 saturated carbocycles. The van der Waals surface area contributed by atoms with E-state index in [0.29, 0.717) is 19.4 Å². The summed E-state index contributed by atoms with van der Waals surface area (Å²) in [5.74, 6) is -1.15. The van der Waals surface area contributed by atoms with E-state index in [2.05, 4.69) is 16.0 Å². The zero-order valence-corrected chi connectivity index (χ0v) is 26.1. The van der Waals surface area contributed by atoms with Gasteiger partial charge < -0.3 is 30.2 Å². The van der Waals surface area contributed by atoms with E-state index >= 15 is 0 Å². The average molecular weight is 618 g/mol. The Morgan fingerprint density at radius 3 is 1.73 bits per heavy atom. The van der Waals surface area contributed by atoms with Crippen molar-refractivity contribution in [2.45, 2.75) is 77.4 Å². The van der Waals surface area contributed by atoms with E-state index in [1.165, 1.54) is 0 Å². The third kappa shape index (κ3) is 14.0. The summed E-state index contributed by atoms with van der Waals surface area (Å²) in [6, 6.07) is 25.8. The first-order valence-corrected chi connectivity index (χ1v) is 15.1. The summed E-state index contributed by atoms with van der Waals surface area (Å²) in [4.78, 5) is 51.4. The molecular formula is C35H43N3O7. The van der Waals surface area contributed by atoms with Gasteiger partial charge in [0.1, 0.15) is 30.9 Å². The van der Waals surface area contributed by atoms with Gasteiger partial charge in [-0.25, -0.2) is 14.4 Å². The second kappa shape index (κ2) is 18.1. The molecule has 2 atom stereocenters. The van der Waals surface area contributed by atoms with Crippen LogP contribution in [0.4, 0.5) is 9.59 Å². The highest BCUT2D eigenvalue weighted by Gasteiger charge is 2.29. The van der Waals surface area contributed by atoms with Gasteiger partial charge in [-0.1, -0.05) is 91.0 Å². The lowest BCUT2D eigenvalue weighted by Gasteiger charge is -2.25. The SMILES string of the molecule is CC(C)(C)OC(=O)N[C@@H](Cc1ccccc1)C(=O)N[C@@H](CCCCNC(=O)OCc1ccccc1)C(=O)OCc1ccccc1. The van der Waals surface area contributed by atoms with Gasteiger partial charge >= 0.3 is 18.2 Å². The van der Waals surface area contributed by atoms with Gasteiger partial charge in [0.15, 0.2) is 0 Å². The van der Waals surface area contributed by atoms with Crippen LogP contribution in [0.2, 0.25) is 0 Å². The molecule has 0 aliphatic rings. The van der Waals surface area contributed by atoms with Crippen LogP contribution in [0.15, 0.2) is 91.0 Å². The minimum atomic E-state index is -1.01. The molecule has 10 nitrogen and oxygen atoms in total. The fraction of sp³-hybridized carbons (Fsp3) is 0.371. The zero-order valence-electron chi connectivity index (χ0n) is 26.1. The number of ether oxygens (including phenoxy) is 3. The Kier molecular flexibility index (Phi) is 13.9. The summed E-state index contributed by atoms with van der Waals surface area (Å²) in [6.07, 6.45) is 0.183. The number of rotatable bonds is 15. The van der Waals surface area contributed by atoms with Gasteiger partial charge in [0.25, 0.3) is 0 Å². The van der Waals surface area contributed by atoms with Crippen molar-refractivity contribution in [2.24, 2.45) is 0 Å². The molecule has 0 radical (unpaired) electrons. The lowest BCUT2D eigenvalue weighted by atomic mass is 10.0. The Morgan fingerprint density at radius 2 is 1.18 bits per heavy atom. The van der Waals surface area contributed by atoms with Crippen LogP contribution < -0.4 is 16.0 Å².